The SMILES string of the molecule is COc1cc2nc(CN3CCC[C@@H](c4nc5ccccc5s4)C3)[nH]c(=O)c2cc1OC. The van der Waals surface area contributed by atoms with E-state index < -0.39 is 0 Å². The molecule has 1 saturated heterocycles. The number of hydrogen-bond donors (Lipinski definition) is 1. The first-order valence-electron chi connectivity index (χ1n) is 10.4. The van der Waals surface area contributed by atoms with Crippen LogP contribution in [0.5, 0.6) is 11.5 Å². The zero-order valence-corrected chi connectivity index (χ0v) is 18.4. The lowest BCUT2D eigenvalue weighted by Gasteiger charge is -2.31. The van der Waals surface area contributed by atoms with E-state index in [0.29, 0.717) is 40.7 Å². The zero-order chi connectivity index (χ0) is 21.4. The Balaban J connectivity index is 1.39. The number of methoxy groups -OCH3 is 2. The van der Waals surface area contributed by atoms with Crippen molar-refractivity contribution in [3.63, 3.8) is 0 Å². The van der Waals surface area contributed by atoms with Gasteiger partial charge in [0.05, 0.1) is 46.9 Å². The summed E-state index contributed by atoms with van der Waals surface area (Å²) in [6, 6.07) is 11.7. The molecule has 0 amide bonds. The molecule has 2 aromatic carbocycles. The number of nitrogens with one attached hydrogen (secondary N) is 1. The number of aromatic amines is 1. The number of piperidine rings is 1. The molecular weight excluding hydrogens is 412 g/mol. The first kappa shape index (κ1) is 20.0. The van der Waals surface area contributed by atoms with Crippen molar-refractivity contribution in [2.75, 3.05) is 27.3 Å². The number of ether oxygens (including phenoxy) is 2. The molecule has 1 fully saturated rings. The fourth-order valence-electron chi connectivity index (χ4n) is 4.27. The normalized spacial score (nSPS) is 17.3. The van der Waals surface area contributed by atoms with E-state index in [4.69, 9.17) is 19.4 Å². The predicted molar refractivity (Wildman–Crippen MR) is 122 cm³/mol. The van der Waals surface area contributed by atoms with E-state index in [9.17, 15) is 4.79 Å². The molecule has 31 heavy (non-hydrogen) atoms. The van der Waals surface area contributed by atoms with Crippen LogP contribution >= 0.6 is 11.3 Å². The van der Waals surface area contributed by atoms with Crippen molar-refractivity contribution in [1.29, 1.82) is 0 Å². The summed E-state index contributed by atoms with van der Waals surface area (Å²) < 4.78 is 11.9. The van der Waals surface area contributed by atoms with E-state index in [0.717, 1.165) is 31.4 Å². The number of likely N-dealkylation sites (tertiary alicyclic amines) is 1. The van der Waals surface area contributed by atoms with Gasteiger partial charge in [-0.05, 0) is 37.6 Å². The third-order valence-corrected chi connectivity index (χ3v) is 7.00. The van der Waals surface area contributed by atoms with Crippen molar-refractivity contribution < 1.29 is 9.47 Å². The number of hydrogen-bond acceptors (Lipinski definition) is 7. The molecule has 1 aliphatic rings. The van der Waals surface area contributed by atoms with Crippen LogP contribution in [0.2, 0.25) is 0 Å². The highest BCUT2D eigenvalue weighted by Crippen LogP contribution is 2.33. The second-order valence-corrected chi connectivity index (χ2v) is 8.89. The molecule has 160 valence electrons. The van der Waals surface area contributed by atoms with E-state index >= 15 is 0 Å². The van der Waals surface area contributed by atoms with Crippen LogP contribution in [-0.2, 0) is 6.54 Å². The van der Waals surface area contributed by atoms with Crippen LogP contribution in [0, 0.1) is 0 Å². The van der Waals surface area contributed by atoms with Crippen LogP contribution in [-0.4, -0.2) is 47.2 Å². The third-order valence-electron chi connectivity index (χ3n) is 5.80. The lowest BCUT2D eigenvalue weighted by atomic mass is 9.99. The van der Waals surface area contributed by atoms with Crippen LogP contribution in [0.25, 0.3) is 21.1 Å². The molecule has 7 nitrogen and oxygen atoms in total. The largest absolute Gasteiger partial charge is 0.493 e. The Morgan fingerprint density at radius 3 is 2.74 bits per heavy atom. The molecule has 1 atom stereocenters. The van der Waals surface area contributed by atoms with Crippen LogP contribution in [0.1, 0.15) is 29.6 Å². The van der Waals surface area contributed by atoms with Gasteiger partial charge in [0.1, 0.15) is 5.82 Å². The van der Waals surface area contributed by atoms with Gasteiger partial charge in [0.25, 0.3) is 5.56 Å². The molecule has 0 saturated carbocycles. The van der Waals surface area contributed by atoms with Gasteiger partial charge in [-0.15, -0.1) is 11.3 Å². The molecule has 0 spiro atoms. The molecule has 3 heterocycles. The fourth-order valence-corrected chi connectivity index (χ4v) is 5.36. The summed E-state index contributed by atoms with van der Waals surface area (Å²) in [7, 11) is 3.13. The summed E-state index contributed by atoms with van der Waals surface area (Å²) in [5, 5.41) is 1.69. The number of thiazole rings is 1. The van der Waals surface area contributed by atoms with Crippen LogP contribution in [0.3, 0.4) is 0 Å². The first-order chi connectivity index (χ1) is 15.1. The van der Waals surface area contributed by atoms with Crippen LogP contribution < -0.4 is 15.0 Å². The lowest BCUT2D eigenvalue weighted by molar-refractivity contribution is 0.196. The molecule has 1 aliphatic heterocycles. The zero-order valence-electron chi connectivity index (χ0n) is 17.6. The summed E-state index contributed by atoms with van der Waals surface area (Å²) in [5.74, 6) is 2.15. The van der Waals surface area contributed by atoms with Gasteiger partial charge in [-0.25, -0.2) is 9.97 Å². The topological polar surface area (TPSA) is 80.3 Å². The fraction of sp³-hybridized carbons (Fsp3) is 0.348. The van der Waals surface area contributed by atoms with E-state index in [1.807, 2.05) is 6.07 Å². The van der Waals surface area contributed by atoms with E-state index in [1.165, 1.54) is 9.71 Å². The van der Waals surface area contributed by atoms with Gasteiger partial charge in [0.2, 0.25) is 0 Å². The molecule has 2 aromatic heterocycles. The van der Waals surface area contributed by atoms with Gasteiger partial charge in [0.15, 0.2) is 11.5 Å². The van der Waals surface area contributed by atoms with Gasteiger partial charge in [-0.3, -0.25) is 9.69 Å². The van der Waals surface area contributed by atoms with Crippen molar-refractivity contribution in [1.82, 2.24) is 19.9 Å². The van der Waals surface area contributed by atoms with E-state index in [1.54, 1.807) is 37.7 Å². The molecule has 0 aliphatic carbocycles. The molecular formula is C23H24N4O3S. The minimum Gasteiger partial charge on any atom is -0.493 e. The molecule has 0 unspecified atom stereocenters. The average Bonchev–Trinajstić information content (AvgIpc) is 3.23. The standard InChI is InChI=1S/C23H24N4O3S/c1-29-18-10-15-17(11-19(18)30-2)24-21(26-22(15)28)13-27-9-5-6-14(12-27)23-25-16-7-3-4-8-20(16)31-23/h3-4,7-8,10-11,14H,5-6,9,12-13H2,1-2H3,(H,24,26,28)/t14-/m1/s1. The van der Waals surface area contributed by atoms with Crippen LogP contribution in [0.4, 0.5) is 0 Å². The highest BCUT2D eigenvalue weighted by molar-refractivity contribution is 7.18. The number of nitrogens with zero attached hydrogens (tertiary/aromatic N) is 3. The van der Waals surface area contributed by atoms with Crippen molar-refractivity contribution in [2.45, 2.75) is 25.3 Å². The van der Waals surface area contributed by atoms with Gasteiger partial charge in [0, 0.05) is 18.5 Å². The Hall–Kier alpha value is -2.97. The quantitative estimate of drug-likeness (QED) is 0.511. The maximum absolute atomic E-state index is 12.7. The summed E-state index contributed by atoms with van der Waals surface area (Å²) in [4.78, 5) is 27.5. The number of H-pyrrole nitrogens is 1. The lowest BCUT2D eigenvalue weighted by Crippen LogP contribution is -2.35. The van der Waals surface area contributed by atoms with Crippen molar-refractivity contribution >= 4 is 32.5 Å². The smallest absolute Gasteiger partial charge is 0.258 e. The number of para-hydroxylation sites is 1. The van der Waals surface area contributed by atoms with Gasteiger partial charge < -0.3 is 14.5 Å². The van der Waals surface area contributed by atoms with Gasteiger partial charge in [-0.2, -0.15) is 0 Å². The van der Waals surface area contributed by atoms with E-state index in [2.05, 4.69) is 28.1 Å². The maximum Gasteiger partial charge on any atom is 0.258 e. The summed E-state index contributed by atoms with van der Waals surface area (Å²) >= 11 is 1.79. The maximum atomic E-state index is 12.7. The minimum atomic E-state index is -0.166. The highest BCUT2D eigenvalue weighted by Gasteiger charge is 2.25. The molecule has 1 N–H and O–H groups in total. The third kappa shape index (κ3) is 3.88. The minimum absolute atomic E-state index is 0.166. The molecule has 8 heteroatoms. The number of aromatic nitrogens is 3. The monoisotopic (exact) mass is 436 g/mol. The Morgan fingerprint density at radius 2 is 1.94 bits per heavy atom. The van der Waals surface area contributed by atoms with Gasteiger partial charge in [-0.1, -0.05) is 12.1 Å². The summed E-state index contributed by atoms with van der Waals surface area (Å²) in [6.45, 7) is 2.49. The summed E-state index contributed by atoms with van der Waals surface area (Å²) in [5.41, 5.74) is 1.52. The second kappa shape index (κ2) is 8.28. The number of benzene rings is 2. The van der Waals surface area contributed by atoms with E-state index in [-0.39, 0.29) is 5.56 Å². The Morgan fingerprint density at radius 1 is 1.13 bits per heavy atom. The van der Waals surface area contributed by atoms with Gasteiger partial charge >= 0.3 is 0 Å². The van der Waals surface area contributed by atoms with Crippen LogP contribution in [0.15, 0.2) is 41.2 Å². The molecule has 5 rings (SSSR count). The molecule has 4 aromatic rings. The Labute approximate surface area is 183 Å². The first-order valence-corrected chi connectivity index (χ1v) is 11.2. The predicted octanol–water partition coefficient (Wildman–Crippen LogP) is 3.93. The number of rotatable bonds is 5. The van der Waals surface area contributed by atoms with Crippen molar-refractivity contribution in [3.8, 4) is 11.5 Å². The summed E-state index contributed by atoms with van der Waals surface area (Å²) in [6.07, 6.45) is 2.23. The van der Waals surface area contributed by atoms with Crippen molar-refractivity contribution in [2.24, 2.45) is 0 Å². The Bertz CT molecular complexity index is 1270. The second-order valence-electron chi connectivity index (χ2n) is 7.83. The highest BCUT2D eigenvalue weighted by atomic mass is 32.1. The molecule has 0 radical (unpaired) electrons. The number of fused-ring (bicyclic) bond motifs is 2. The van der Waals surface area contributed by atoms with Crippen molar-refractivity contribution in [3.05, 3.63) is 57.6 Å². The Kier molecular flexibility index (Phi) is 5.33. The molecule has 0 bridgehead atoms. The average molecular weight is 437 g/mol.